The van der Waals surface area contributed by atoms with Gasteiger partial charge in [0.1, 0.15) is 6.29 Å². The van der Waals surface area contributed by atoms with Gasteiger partial charge in [0, 0.05) is 6.42 Å². The summed E-state index contributed by atoms with van der Waals surface area (Å²) in [6, 6.07) is 0. The molecular weight excluding hydrogens is 244 g/mol. The molecule has 0 aromatic carbocycles. The molecule has 1 nitrogen and oxygen atoms in total. The van der Waals surface area contributed by atoms with Gasteiger partial charge >= 0.3 is 0 Å². The van der Waals surface area contributed by atoms with Crippen LogP contribution in [0.2, 0.25) is 0 Å². The molecule has 0 aliphatic rings. The highest BCUT2D eigenvalue weighted by atomic mass is 16.1. The first kappa shape index (κ1) is 18.9. The smallest absolute Gasteiger partial charge is 0.120 e. The van der Waals surface area contributed by atoms with Crippen LogP contribution in [-0.4, -0.2) is 6.29 Å². The Morgan fingerprint density at radius 3 is 1.75 bits per heavy atom. The molecule has 0 amide bonds. The molecule has 20 heavy (non-hydrogen) atoms. The number of unbranched alkanes of at least 4 members (excludes halogenated alkanes) is 8. The molecule has 0 aromatic rings. The summed E-state index contributed by atoms with van der Waals surface area (Å²) in [4.78, 5) is 10.1. The lowest BCUT2D eigenvalue weighted by Crippen LogP contribution is -1.79. The van der Waals surface area contributed by atoms with Gasteiger partial charge in [0.2, 0.25) is 0 Å². The molecule has 114 valence electrons. The summed E-state index contributed by atoms with van der Waals surface area (Å²) in [6.07, 6.45) is 27.2. The average molecular weight is 276 g/mol. The lowest BCUT2D eigenvalue weighted by atomic mass is 10.1. The zero-order valence-electron chi connectivity index (χ0n) is 13.2. The predicted octanol–water partition coefficient (Wildman–Crippen LogP) is 6.16. The van der Waals surface area contributed by atoms with Crippen LogP contribution in [0.3, 0.4) is 0 Å². The zero-order chi connectivity index (χ0) is 14.7. The average Bonchev–Trinajstić information content (AvgIpc) is 2.47. The first-order chi connectivity index (χ1) is 9.91. The number of allylic oxidation sites excluding steroid dienone is 6. The van der Waals surface area contributed by atoms with Crippen molar-refractivity contribution in [1.82, 2.24) is 0 Å². The van der Waals surface area contributed by atoms with Crippen LogP contribution in [0.1, 0.15) is 77.6 Å². The van der Waals surface area contributed by atoms with E-state index in [9.17, 15) is 4.79 Å². The van der Waals surface area contributed by atoms with E-state index in [0.717, 1.165) is 12.7 Å². The van der Waals surface area contributed by atoms with E-state index in [2.05, 4.69) is 37.3 Å². The van der Waals surface area contributed by atoms with Gasteiger partial charge in [-0.3, -0.25) is 0 Å². The lowest BCUT2D eigenvalue weighted by molar-refractivity contribution is -0.107. The van der Waals surface area contributed by atoms with E-state index >= 15 is 0 Å². The maximum absolute atomic E-state index is 10.1. The van der Waals surface area contributed by atoms with Crippen molar-refractivity contribution in [2.45, 2.75) is 77.6 Å². The van der Waals surface area contributed by atoms with Gasteiger partial charge in [0.05, 0.1) is 0 Å². The summed E-state index contributed by atoms with van der Waals surface area (Å²) in [5.74, 6) is 0. The molecule has 0 aliphatic heterocycles. The van der Waals surface area contributed by atoms with Crippen LogP contribution in [0, 0.1) is 0 Å². The van der Waals surface area contributed by atoms with E-state index in [1.54, 1.807) is 0 Å². The molecule has 0 unspecified atom stereocenters. The molecule has 0 saturated heterocycles. The minimum Gasteiger partial charge on any atom is -0.303 e. The van der Waals surface area contributed by atoms with Crippen LogP contribution < -0.4 is 0 Å². The fourth-order valence-electron chi connectivity index (χ4n) is 2.03. The Kier molecular flexibility index (Phi) is 16.9. The summed E-state index contributed by atoms with van der Waals surface area (Å²) >= 11 is 0. The molecule has 0 fully saturated rings. The Morgan fingerprint density at radius 1 is 0.600 bits per heavy atom. The molecule has 0 heterocycles. The van der Waals surface area contributed by atoms with Gasteiger partial charge in [-0.1, -0.05) is 69.1 Å². The van der Waals surface area contributed by atoms with E-state index in [1.165, 1.54) is 57.8 Å². The Balaban J connectivity index is 3.16. The minimum absolute atomic E-state index is 0.637. The molecule has 0 aromatic heterocycles. The molecule has 0 bridgehead atoms. The third kappa shape index (κ3) is 16.9. The Bertz CT molecular complexity index is 273. The van der Waals surface area contributed by atoms with E-state index in [0.29, 0.717) is 6.42 Å². The summed E-state index contributed by atoms with van der Waals surface area (Å²) < 4.78 is 0. The zero-order valence-corrected chi connectivity index (χ0v) is 13.2. The topological polar surface area (TPSA) is 17.1 Å². The number of carbonyl (C=O) groups excluding carboxylic acids is 1. The Hall–Kier alpha value is -1.11. The highest BCUT2D eigenvalue weighted by molar-refractivity contribution is 5.49. The van der Waals surface area contributed by atoms with E-state index in [4.69, 9.17) is 0 Å². The van der Waals surface area contributed by atoms with Crippen LogP contribution in [0.25, 0.3) is 0 Å². The third-order valence-corrected chi connectivity index (χ3v) is 3.23. The van der Waals surface area contributed by atoms with Gasteiger partial charge in [-0.05, 0) is 38.5 Å². The molecule has 0 saturated carbocycles. The maximum atomic E-state index is 10.1. The maximum Gasteiger partial charge on any atom is 0.120 e. The van der Waals surface area contributed by atoms with Crippen molar-refractivity contribution in [2.75, 3.05) is 0 Å². The molecule has 0 rings (SSSR count). The summed E-state index contributed by atoms with van der Waals surface area (Å²) in [7, 11) is 0. The van der Waals surface area contributed by atoms with Crippen molar-refractivity contribution in [1.29, 1.82) is 0 Å². The molecule has 0 aliphatic carbocycles. The SMILES string of the molecule is CC/C=C/CCCCCCCC/C=C/C=C/CCC=O. The van der Waals surface area contributed by atoms with Gasteiger partial charge < -0.3 is 4.79 Å². The second kappa shape index (κ2) is 17.9. The van der Waals surface area contributed by atoms with Crippen LogP contribution in [0.15, 0.2) is 36.5 Å². The van der Waals surface area contributed by atoms with Crippen LogP contribution in [-0.2, 0) is 4.79 Å². The fourth-order valence-corrected chi connectivity index (χ4v) is 2.03. The van der Waals surface area contributed by atoms with Crippen molar-refractivity contribution < 1.29 is 4.79 Å². The standard InChI is InChI=1S/C19H32O/c1-2-3-4-5-6-7-8-9-10-11-12-13-14-15-16-17-18-19-20/h3-4,13-16,19H,2,5-12,17-18H2,1H3/b4-3+,14-13+,16-15+. The predicted molar refractivity (Wildman–Crippen MR) is 89.9 cm³/mol. The second-order valence-corrected chi connectivity index (χ2v) is 5.18. The normalized spacial score (nSPS) is 12.1. The van der Waals surface area contributed by atoms with Crippen molar-refractivity contribution >= 4 is 6.29 Å². The summed E-state index contributed by atoms with van der Waals surface area (Å²) in [6.45, 7) is 2.19. The number of carbonyl (C=O) groups is 1. The number of aldehydes is 1. The first-order valence-electron chi connectivity index (χ1n) is 8.32. The summed E-state index contributed by atoms with van der Waals surface area (Å²) in [5, 5.41) is 0. The van der Waals surface area contributed by atoms with Crippen molar-refractivity contribution in [2.24, 2.45) is 0 Å². The highest BCUT2D eigenvalue weighted by Crippen LogP contribution is 2.09. The first-order valence-corrected chi connectivity index (χ1v) is 8.32. The molecule has 0 radical (unpaired) electrons. The van der Waals surface area contributed by atoms with Crippen molar-refractivity contribution in [3.05, 3.63) is 36.5 Å². The van der Waals surface area contributed by atoms with E-state index < -0.39 is 0 Å². The van der Waals surface area contributed by atoms with Gasteiger partial charge in [-0.15, -0.1) is 0 Å². The monoisotopic (exact) mass is 276 g/mol. The number of hydrogen-bond donors (Lipinski definition) is 0. The highest BCUT2D eigenvalue weighted by Gasteiger charge is 1.89. The minimum atomic E-state index is 0.637. The van der Waals surface area contributed by atoms with E-state index in [-0.39, 0.29) is 0 Å². The number of hydrogen-bond acceptors (Lipinski definition) is 1. The number of rotatable bonds is 14. The van der Waals surface area contributed by atoms with Gasteiger partial charge in [-0.25, -0.2) is 0 Å². The quantitative estimate of drug-likeness (QED) is 0.160. The second-order valence-electron chi connectivity index (χ2n) is 5.18. The molecular formula is C19H32O. The van der Waals surface area contributed by atoms with Gasteiger partial charge in [0.25, 0.3) is 0 Å². The lowest BCUT2D eigenvalue weighted by Gasteiger charge is -1.99. The van der Waals surface area contributed by atoms with Gasteiger partial charge in [-0.2, -0.15) is 0 Å². The Labute approximate surface area is 125 Å². The van der Waals surface area contributed by atoms with Crippen molar-refractivity contribution in [3.8, 4) is 0 Å². The van der Waals surface area contributed by atoms with Crippen LogP contribution in [0.5, 0.6) is 0 Å². The van der Waals surface area contributed by atoms with Gasteiger partial charge in [0.15, 0.2) is 0 Å². The largest absolute Gasteiger partial charge is 0.303 e. The third-order valence-electron chi connectivity index (χ3n) is 3.23. The Morgan fingerprint density at radius 2 is 1.15 bits per heavy atom. The van der Waals surface area contributed by atoms with Crippen LogP contribution in [0.4, 0.5) is 0 Å². The molecule has 1 heteroatoms. The summed E-state index contributed by atoms with van der Waals surface area (Å²) in [5.41, 5.74) is 0. The molecule has 0 spiro atoms. The van der Waals surface area contributed by atoms with Crippen LogP contribution >= 0.6 is 0 Å². The molecule has 0 N–H and O–H groups in total. The van der Waals surface area contributed by atoms with Crippen molar-refractivity contribution in [3.63, 3.8) is 0 Å². The van der Waals surface area contributed by atoms with E-state index in [1.807, 2.05) is 6.08 Å². The fraction of sp³-hybridized carbons (Fsp3) is 0.632. The molecule has 0 atom stereocenters.